The van der Waals surface area contributed by atoms with Crippen molar-refractivity contribution in [1.82, 2.24) is 10.2 Å². The van der Waals surface area contributed by atoms with Crippen molar-refractivity contribution < 1.29 is 27.4 Å². The summed E-state index contributed by atoms with van der Waals surface area (Å²) in [4.78, 5) is 17.9. The maximum atomic E-state index is 12.7. The molecule has 9 heteroatoms. The van der Waals surface area contributed by atoms with Crippen LogP contribution in [0.3, 0.4) is 0 Å². The minimum atomic E-state index is -4.40. The third kappa shape index (κ3) is 5.51. The second kappa shape index (κ2) is 8.96. The molecule has 0 aromatic heterocycles. The molecule has 1 heterocycles. The summed E-state index contributed by atoms with van der Waals surface area (Å²) in [6, 6.07) is 4.76. The van der Waals surface area contributed by atoms with E-state index in [1.54, 1.807) is 7.05 Å². The lowest BCUT2D eigenvalue weighted by molar-refractivity contribution is -0.146. The molecule has 150 valence electrons. The normalized spacial score (nSPS) is 20.5. The Bertz CT molecular complexity index is 679. The number of hydrogen-bond donors (Lipinski definition) is 1. The first kappa shape index (κ1) is 20.9. The number of nitrogens with one attached hydrogen (secondary N) is 1. The van der Waals surface area contributed by atoms with E-state index in [0.717, 1.165) is 12.1 Å². The highest BCUT2D eigenvalue weighted by atomic mass is 19.4. The topological polar surface area (TPSA) is 63.2 Å². The molecule has 1 aromatic rings. The monoisotopic (exact) mass is 387 g/mol. The van der Waals surface area contributed by atoms with Gasteiger partial charge in [-0.05, 0) is 24.1 Å². The lowest BCUT2D eigenvalue weighted by Gasteiger charge is -2.21. The number of ether oxygens (including phenoxy) is 2. The fourth-order valence-electron chi connectivity index (χ4n) is 3.02. The van der Waals surface area contributed by atoms with Crippen molar-refractivity contribution in [2.45, 2.75) is 13.1 Å². The maximum absolute atomic E-state index is 12.7. The molecule has 6 nitrogen and oxygen atoms in total. The van der Waals surface area contributed by atoms with Crippen LogP contribution in [0.5, 0.6) is 5.75 Å². The van der Waals surface area contributed by atoms with Gasteiger partial charge in [0.05, 0.1) is 25.1 Å². The smallest absolute Gasteiger partial charge is 0.416 e. The van der Waals surface area contributed by atoms with Crippen molar-refractivity contribution in [1.29, 1.82) is 0 Å². The standard InChI is InChI=1S/C18H24F3N3O3/c1-12-10-24(11-15(12)16(25)26-3)17(22-2)23-7-8-27-14-6-4-5-13(9-14)18(19,20)21/h4-6,9,12,15H,7-8,10-11H2,1-3H3,(H,22,23). The quantitative estimate of drug-likeness (QED) is 0.364. The molecule has 2 rings (SSSR count). The summed E-state index contributed by atoms with van der Waals surface area (Å²) in [5.41, 5.74) is -0.747. The number of nitrogens with zero attached hydrogens (tertiary/aromatic N) is 2. The van der Waals surface area contributed by atoms with Gasteiger partial charge >= 0.3 is 12.1 Å². The molecule has 1 fully saturated rings. The number of esters is 1. The van der Waals surface area contributed by atoms with Gasteiger partial charge in [0.2, 0.25) is 0 Å². The van der Waals surface area contributed by atoms with Crippen molar-refractivity contribution in [2.24, 2.45) is 16.8 Å². The van der Waals surface area contributed by atoms with Crippen LogP contribution in [0.15, 0.2) is 29.3 Å². The van der Waals surface area contributed by atoms with Gasteiger partial charge < -0.3 is 19.7 Å². The fraction of sp³-hybridized carbons (Fsp3) is 0.556. The Morgan fingerprint density at radius 3 is 2.74 bits per heavy atom. The summed E-state index contributed by atoms with van der Waals surface area (Å²) in [5.74, 6) is 0.448. The first-order valence-electron chi connectivity index (χ1n) is 8.59. The van der Waals surface area contributed by atoms with E-state index >= 15 is 0 Å². The zero-order valence-corrected chi connectivity index (χ0v) is 15.5. The number of carbonyl (C=O) groups is 1. The highest BCUT2D eigenvalue weighted by molar-refractivity contribution is 5.82. The van der Waals surface area contributed by atoms with E-state index in [2.05, 4.69) is 10.3 Å². The van der Waals surface area contributed by atoms with Crippen LogP contribution >= 0.6 is 0 Å². The Hall–Kier alpha value is -2.45. The van der Waals surface area contributed by atoms with Crippen LogP contribution in [0, 0.1) is 11.8 Å². The first-order chi connectivity index (χ1) is 12.8. The summed E-state index contributed by atoms with van der Waals surface area (Å²) < 4.78 is 48.3. The number of benzene rings is 1. The number of likely N-dealkylation sites (tertiary alicyclic amines) is 1. The lowest BCUT2D eigenvalue weighted by Crippen LogP contribution is -2.42. The van der Waals surface area contributed by atoms with E-state index in [0.29, 0.717) is 25.6 Å². The van der Waals surface area contributed by atoms with Gasteiger partial charge in [-0.2, -0.15) is 13.2 Å². The molecule has 1 aromatic carbocycles. The predicted octanol–water partition coefficient (Wildman–Crippen LogP) is 2.40. The maximum Gasteiger partial charge on any atom is 0.416 e. The summed E-state index contributed by atoms with van der Waals surface area (Å²) in [5, 5.41) is 3.10. The lowest BCUT2D eigenvalue weighted by atomic mass is 9.99. The summed E-state index contributed by atoms with van der Waals surface area (Å²) in [6.07, 6.45) is -4.40. The molecule has 0 aliphatic carbocycles. The van der Waals surface area contributed by atoms with Gasteiger partial charge in [0.15, 0.2) is 5.96 Å². The third-order valence-corrected chi connectivity index (χ3v) is 4.44. The second-order valence-electron chi connectivity index (χ2n) is 6.36. The Kier molecular flexibility index (Phi) is 6.92. The number of aliphatic imine (C=N–C) groups is 1. The number of rotatable bonds is 5. The summed E-state index contributed by atoms with van der Waals surface area (Å²) in [6.45, 7) is 3.67. The third-order valence-electron chi connectivity index (χ3n) is 4.44. The van der Waals surface area contributed by atoms with E-state index in [9.17, 15) is 18.0 Å². The van der Waals surface area contributed by atoms with Gasteiger partial charge in [-0.3, -0.25) is 9.79 Å². The van der Waals surface area contributed by atoms with Gasteiger partial charge in [0, 0.05) is 20.1 Å². The Morgan fingerprint density at radius 1 is 1.37 bits per heavy atom. The van der Waals surface area contributed by atoms with Crippen molar-refractivity contribution in [3.8, 4) is 5.75 Å². The number of methoxy groups -OCH3 is 1. The van der Waals surface area contributed by atoms with Crippen LogP contribution in [-0.2, 0) is 15.7 Å². The molecule has 1 N–H and O–H groups in total. The largest absolute Gasteiger partial charge is 0.492 e. The molecular weight excluding hydrogens is 363 g/mol. The van der Waals surface area contributed by atoms with Crippen LogP contribution < -0.4 is 10.1 Å². The summed E-state index contributed by atoms with van der Waals surface area (Å²) in [7, 11) is 3.00. The van der Waals surface area contributed by atoms with Crippen LogP contribution in [0.25, 0.3) is 0 Å². The van der Waals surface area contributed by atoms with Crippen molar-refractivity contribution in [3.63, 3.8) is 0 Å². The highest BCUT2D eigenvalue weighted by Gasteiger charge is 2.36. The molecule has 0 radical (unpaired) electrons. The van der Waals surface area contributed by atoms with Crippen molar-refractivity contribution in [3.05, 3.63) is 29.8 Å². The van der Waals surface area contributed by atoms with Gasteiger partial charge in [-0.1, -0.05) is 13.0 Å². The van der Waals surface area contributed by atoms with Gasteiger partial charge in [-0.25, -0.2) is 0 Å². The molecule has 27 heavy (non-hydrogen) atoms. The Balaban J connectivity index is 1.83. The second-order valence-corrected chi connectivity index (χ2v) is 6.36. The van der Waals surface area contributed by atoms with Crippen molar-refractivity contribution in [2.75, 3.05) is 40.4 Å². The van der Waals surface area contributed by atoms with Crippen LogP contribution in [0.4, 0.5) is 13.2 Å². The minimum Gasteiger partial charge on any atom is -0.492 e. The molecule has 2 atom stereocenters. The number of halogens is 3. The molecule has 2 unspecified atom stereocenters. The first-order valence-corrected chi connectivity index (χ1v) is 8.59. The van der Waals surface area contributed by atoms with E-state index in [-0.39, 0.29) is 30.2 Å². The number of alkyl halides is 3. The van der Waals surface area contributed by atoms with Crippen LogP contribution in [0.2, 0.25) is 0 Å². The fourth-order valence-corrected chi connectivity index (χ4v) is 3.02. The highest BCUT2D eigenvalue weighted by Crippen LogP contribution is 2.31. The molecule has 1 aliphatic heterocycles. The summed E-state index contributed by atoms with van der Waals surface area (Å²) >= 11 is 0. The molecule has 0 spiro atoms. The molecule has 0 amide bonds. The van der Waals surface area contributed by atoms with Gasteiger partial charge in [-0.15, -0.1) is 0 Å². The molecule has 1 saturated heterocycles. The molecule has 1 aliphatic rings. The zero-order valence-electron chi connectivity index (χ0n) is 15.5. The minimum absolute atomic E-state index is 0.136. The molecule has 0 bridgehead atoms. The molecule has 0 saturated carbocycles. The van der Waals surface area contributed by atoms with E-state index in [1.807, 2.05) is 11.8 Å². The van der Waals surface area contributed by atoms with Crippen LogP contribution in [0.1, 0.15) is 12.5 Å². The Morgan fingerprint density at radius 2 is 2.11 bits per heavy atom. The average Bonchev–Trinajstić information content (AvgIpc) is 3.02. The van der Waals surface area contributed by atoms with E-state index in [1.165, 1.54) is 19.2 Å². The average molecular weight is 387 g/mol. The number of hydrogen-bond acceptors (Lipinski definition) is 4. The SMILES string of the molecule is CN=C(NCCOc1cccc(C(F)(F)F)c1)N1CC(C)C(C(=O)OC)C1. The van der Waals surface area contributed by atoms with Gasteiger partial charge in [0.1, 0.15) is 12.4 Å². The zero-order chi connectivity index (χ0) is 20.0. The molecular formula is C18H24F3N3O3. The van der Waals surface area contributed by atoms with E-state index < -0.39 is 11.7 Å². The number of carbonyl (C=O) groups excluding carboxylic acids is 1. The van der Waals surface area contributed by atoms with Crippen molar-refractivity contribution >= 4 is 11.9 Å². The van der Waals surface area contributed by atoms with Crippen LogP contribution in [-0.4, -0.2) is 57.2 Å². The number of guanidine groups is 1. The Labute approximate surface area is 156 Å². The van der Waals surface area contributed by atoms with Gasteiger partial charge in [0.25, 0.3) is 0 Å². The van der Waals surface area contributed by atoms with E-state index in [4.69, 9.17) is 9.47 Å². The predicted molar refractivity (Wildman–Crippen MR) is 94.5 cm³/mol.